The van der Waals surface area contributed by atoms with E-state index >= 15 is 0 Å². The van der Waals surface area contributed by atoms with E-state index < -0.39 is 23.9 Å². The quantitative estimate of drug-likeness (QED) is 0.844. The molecule has 15 heavy (non-hydrogen) atoms. The molecule has 6 heteroatoms. The summed E-state index contributed by atoms with van der Waals surface area (Å²) >= 11 is 3.03. The maximum Gasteiger partial charge on any atom is 0.415 e. The summed E-state index contributed by atoms with van der Waals surface area (Å²) in [5.74, 6) is -0.518. The van der Waals surface area contributed by atoms with Crippen LogP contribution in [-0.4, -0.2) is 17.5 Å². The molecule has 0 saturated carbocycles. The van der Waals surface area contributed by atoms with E-state index in [1.54, 1.807) is 0 Å². The summed E-state index contributed by atoms with van der Waals surface area (Å²) in [7, 11) is 0. The van der Waals surface area contributed by atoms with E-state index in [1.165, 1.54) is 12.3 Å². The number of Topliss-reactive ketones (excluding diaryl/α,β-unsaturated/α-hetero) is 1. The number of nitrogens with one attached hydrogen (secondary N) is 1. The molecule has 0 aliphatic carbocycles. The van der Waals surface area contributed by atoms with Crippen LogP contribution in [0.5, 0.6) is 0 Å². The Morgan fingerprint density at radius 1 is 1.60 bits per heavy atom. The monoisotopic (exact) mass is 283 g/mol. The summed E-state index contributed by atoms with van der Waals surface area (Å²) < 4.78 is 38.8. The first kappa shape index (κ1) is 12.3. The van der Waals surface area contributed by atoms with Crippen LogP contribution in [0.25, 0.3) is 0 Å². The average Bonchev–Trinajstić information content (AvgIpc) is 2.06. The van der Waals surface area contributed by atoms with E-state index in [0.717, 1.165) is 13.0 Å². The van der Waals surface area contributed by atoms with Crippen LogP contribution in [0.2, 0.25) is 0 Å². The molecular weight excluding hydrogens is 275 g/mol. The standard InChI is InChI=1S/C9H9BrF3NO/c1-6(15)4-8(9(11,12)13)3-2-7(10)5-14-8/h2-3,5,14H,4H2,1H3. The van der Waals surface area contributed by atoms with E-state index in [4.69, 9.17) is 0 Å². The normalized spacial score (nSPS) is 25.8. The van der Waals surface area contributed by atoms with Crippen molar-refractivity contribution in [1.29, 1.82) is 0 Å². The molecule has 0 saturated heterocycles. The van der Waals surface area contributed by atoms with Crippen molar-refractivity contribution in [2.24, 2.45) is 0 Å². The molecule has 1 unspecified atom stereocenters. The fourth-order valence-electron chi connectivity index (χ4n) is 1.29. The number of hydrogen-bond donors (Lipinski definition) is 1. The summed E-state index contributed by atoms with van der Waals surface area (Å²) in [6.07, 6.45) is -1.68. The second-order valence-corrected chi connectivity index (χ2v) is 4.27. The van der Waals surface area contributed by atoms with Crippen LogP contribution < -0.4 is 5.32 Å². The number of rotatable bonds is 2. The molecule has 0 aromatic carbocycles. The van der Waals surface area contributed by atoms with Gasteiger partial charge < -0.3 is 5.32 Å². The lowest BCUT2D eigenvalue weighted by molar-refractivity contribution is -0.182. The Hall–Kier alpha value is -0.780. The smallest absolute Gasteiger partial charge is 0.373 e. The Morgan fingerprint density at radius 3 is 2.53 bits per heavy atom. The maximum atomic E-state index is 12.8. The van der Waals surface area contributed by atoms with Crippen LogP contribution in [0.1, 0.15) is 13.3 Å². The number of dihydropyridines is 1. The predicted octanol–water partition coefficient (Wildman–Crippen LogP) is 2.66. The minimum Gasteiger partial charge on any atom is -0.373 e. The average molecular weight is 284 g/mol. The molecule has 0 spiro atoms. The molecule has 1 atom stereocenters. The number of alkyl halides is 3. The number of allylic oxidation sites excluding steroid dienone is 2. The third-order valence-electron chi connectivity index (χ3n) is 2.03. The van der Waals surface area contributed by atoms with Crippen molar-refractivity contribution in [2.75, 3.05) is 0 Å². The summed E-state index contributed by atoms with van der Waals surface area (Å²) in [5, 5.41) is 2.21. The second-order valence-electron chi connectivity index (χ2n) is 3.35. The van der Waals surface area contributed by atoms with Gasteiger partial charge in [0, 0.05) is 17.1 Å². The number of ketones is 1. The predicted molar refractivity (Wildman–Crippen MR) is 53.4 cm³/mol. The van der Waals surface area contributed by atoms with Gasteiger partial charge in [-0.1, -0.05) is 0 Å². The van der Waals surface area contributed by atoms with Gasteiger partial charge in [0.25, 0.3) is 0 Å². The molecule has 1 N–H and O–H groups in total. The van der Waals surface area contributed by atoms with Crippen LogP contribution in [0.4, 0.5) is 13.2 Å². The molecule has 1 heterocycles. The highest BCUT2D eigenvalue weighted by Crippen LogP contribution is 2.37. The largest absolute Gasteiger partial charge is 0.415 e. The van der Waals surface area contributed by atoms with Crippen molar-refractivity contribution in [1.82, 2.24) is 5.32 Å². The minimum absolute atomic E-state index is 0.505. The molecule has 1 rings (SSSR count). The minimum atomic E-state index is -4.50. The van der Waals surface area contributed by atoms with Crippen LogP contribution in [0, 0.1) is 0 Å². The van der Waals surface area contributed by atoms with Gasteiger partial charge in [-0.15, -0.1) is 0 Å². The van der Waals surface area contributed by atoms with E-state index in [1.807, 2.05) is 0 Å². The Balaban J connectivity index is 3.01. The molecule has 0 radical (unpaired) electrons. The Kier molecular flexibility index (Phi) is 3.28. The Labute approximate surface area is 93.3 Å². The zero-order valence-corrected chi connectivity index (χ0v) is 9.45. The zero-order chi connectivity index (χ0) is 11.7. The number of hydrogen-bond acceptors (Lipinski definition) is 2. The third-order valence-corrected chi connectivity index (χ3v) is 2.52. The lowest BCUT2D eigenvalue weighted by Gasteiger charge is -2.34. The lowest BCUT2D eigenvalue weighted by Crippen LogP contribution is -2.55. The van der Waals surface area contributed by atoms with Crippen LogP contribution in [0.15, 0.2) is 22.8 Å². The van der Waals surface area contributed by atoms with Gasteiger partial charge in [-0.2, -0.15) is 13.2 Å². The molecule has 0 aromatic heterocycles. The van der Waals surface area contributed by atoms with Gasteiger partial charge in [-0.05, 0) is 35.0 Å². The van der Waals surface area contributed by atoms with Gasteiger partial charge in [-0.3, -0.25) is 4.79 Å². The van der Waals surface area contributed by atoms with Crippen molar-refractivity contribution >= 4 is 21.7 Å². The second kappa shape index (κ2) is 4.00. The summed E-state index contributed by atoms with van der Waals surface area (Å²) in [4.78, 5) is 10.8. The molecule has 0 bridgehead atoms. The summed E-state index contributed by atoms with van der Waals surface area (Å²) in [6.45, 7) is 1.14. The number of carbonyl (C=O) groups is 1. The highest BCUT2D eigenvalue weighted by molar-refractivity contribution is 9.11. The molecule has 1 aliphatic rings. The SMILES string of the molecule is CC(=O)CC1(C(F)(F)F)C=CC(Br)=CN1. The van der Waals surface area contributed by atoms with Gasteiger partial charge in [0.15, 0.2) is 5.54 Å². The fourth-order valence-corrected chi connectivity index (χ4v) is 1.54. The van der Waals surface area contributed by atoms with E-state index in [-0.39, 0.29) is 0 Å². The first-order chi connectivity index (χ1) is 6.77. The molecule has 0 amide bonds. The maximum absolute atomic E-state index is 12.8. The lowest BCUT2D eigenvalue weighted by atomic mass is 9.90. The van der Waals surface area contributed by atoms with Gasteiger partial charge in [0.05, 0.1) is 0 Å². The van der Waals surface area contributed by atoms with Crippen molar-refractivity contribution in [2.45, 2.75) is 25.1 Å². The number of halogens is 4. The molecule has 1 aliphatic heterocycles. The fraction of sp³-hybridized carbons (Fsp3) is 0.444. The number of carbonyl (C=O) groups excluding carboxylic acids is 1. The van der Waals surface area contributed by atoms with E-state index in [0.29, 0.717) is 4.48 Å². The Bertz CT molecular complexity index is 335. The molecular formula is C9H9BrF3NO. The van der Waals surface area contributed by atoms with Gasteiger partial charge in [0.1, 0.15) is 5.78 Å². The van der Waals surface area contributed by atoms with Crippen molar-refractivity contribution in [3.63, 3.8) is 0 Å². The zero-order valence-electron chi connectivity index (χ0n) is 7.86. The van der Waals surface area contributed by atoms with Crippen LogP contribution >= 0.6 is 15.9 Å². The van der Waals surface area contributed by atoms with Gasteiger partial charge in [0.2, 0.25) is 0 Å². The summed E-state index contributed by atoms with van der Waals surface area (Å²) in [5.41, 5.74) is -2.27. The summed E-state index contributed by atoms with van der Waals surface area (Å²) in [6, 6.07) is 0. The molecule has 84 valence electrons. The van der Waals surface area contributed by atoms with Crippen LogP contribution in [0.3, 0.4) is 0 Å². The molecule has 2 nitrogen and oxygen atoms in total. The van der Waals surface area contributed by atoms with E-state index in [9.17, 15) is 18.0 Å². The van der Waals surface area contributed by atoms with Crippen molar-refractivity contribution < 1.29 is 18.0 Å². The van der Waals surface area contributed by atoms with Crippen LogP contribution in [-0.2, 0) is 4.79 Å². The van der Waals surface area contributed by atoms with Crippen molar-refractivity contribution in [3.05, 3.63) is 22.8 Å². The topological polar surface area (TPSA) is 29.1 Å². The molecule has 0 fully saturated rings. The highest BCUT2D eigenvalue weighted by Gasteiger charge is 2.53. The first-order valence-electron chi connectivity index (χ1n) is 4.16. The van der Waals surface area contributed by atoms with Crippen molar-refractivity contribution in [3.8, 4) is 0 Å². The third kappa shape index (κ3) is 2.62. The molecule has 0 aromatic rings. The van der Waals surface area contributed by atoms with Gasteiger partial charge in [-0.25, -0.2) is 0 Å². The van der Waals surface area contributed by atoms with Gasteiger partial charge >= 0.3 is 6.18 Å². The highest BCUT2D eigenvalue weighted by atomic mass is 79.9. The Morgan fingerprint density at radius 2 is 2.20 bits per heavy atom. The first-order valence-corrected chi connectivity index (χ1v) is 4.95. The van der Waals surface area contributed by atoms with E-state index in [2.05, 4.69) is 21.2 Å².